The minimum Gasteiger partial charge on any atom is -0.478 e. The summed E-state index contributed by atoms with van der Waals surface area (Å²) in [6.07, 6.45) is 2.05. The number of benzene rings is 1. The van der Waals surface area contributed by atoms with Crippen molar-refractivity contribution in [1.29, 1.82) is 0 Å². The highest BCUT2D eigenvalue weighted by Crippen LogP contribution is 2.25. The number of rotatable bonds is 3. The highest BCUT2D eigenvalue weighted by Gasteiger charge is 2.20. The first-order valence-corrected chi connectivity index (χ1v) is 6.24. The van der Waals surface area contributed by atoms with E-state index in [1.807, 2.05) is 13.0 Å². The maximum absolute atomic E-state index is 10.9. The van der Waals surface area contributed by atoms with E-state index >= 15 is 0 Å². The van der Waals surface area contributed by atoms with Gasteiger partial charge in [0.1, 0.15) is 0 Å². The molecule has 1 aliphatic rings. The SMILES string of the molecule is Cc1cc(C(=O)O)ccc1N(C)C1CCOCC1. The molecule has 1 aliphatic heterocycles. The summed E-state index contributed by atoms with van der Waals surface area (Å²) in [7, 11) is 2.07. The van der Waals surface area contributed by atoms with Crippen LogP contribution in [0.2, 0.25) is 0 Å². The zero-order valence-electron chi connectivity index (χ0n) is 10.8. The largest absolute Gasteiger partial charge is 0.478 e. The molecule has 18 heavy (non-hydrogen) atoms. The monoisotopic (exact) mass is 249 g/mol. The fraction of sp³-hybridized carbons (Fsp3) is 0.500. The Hall–Kier alpha value is -1.55. The molecule has 2 rings (SSSR count). The third-order valence-corrected chi connectivity index (χ3v) is 3.56. The van der Waals surface area contributed by atoms with Gasteiger partial charge in [-0.1, -0.05) is 0 Å². The van der Waals surface area contributed by atoms with Crippen LogP contribution in [0.4, 0.5) is 5.69 Å². The van der Waals surface area contributed by atoms with Gasteiger partial charge >= 0.3 is 5.97 Å². The molecule has 1 N–H and O–H groups in total. The molecule has 1 saturated heterocycles. The molecule has 1 aromatic rings. The van der Waals surface area contributed by atoms with Crippen molar-refractivity contribution in [3.63, 3.8) is 0 Å². The number of carboxylic acid groups (broad SMARTS) is 1. The number of nitrogens with zero attached hydrogens (tertiary/aromatic N) is 1. The molecule has 0 bridgehead atoms. The van der Waals surface area contributed by atoms with Gasteiger partial charge < -0.3 is 14.7 Å². The van der Waals surface area contributed by atoms with E-state index in [-0.39, 0.29) is 0 Å². The fourth-order valence-electron chi connectivity index (χ4n) is 2.45. The second-order valence-electron chi connectivity index (χ2n) is 4.76. The number of aromatic carboxylic acids is 1. The van der Waals surface area contributed by atoms with Crippen LogP contribution in [-0.2, 0) is 4.74 Å². The van der Waals surface area contributed by atoms with E-state index in [0.717, 1.165) is 37.3 Å². The molecule has 0 atom stereocenters. The van der Waals surface area contributed by atoms with E-state index in [0.29, 0.717) is 11.6 Å². The van der Waals surface area contributed by atoms with Gasteiger partial charge in [0.15, 0.2) is 0 Å². The Kier molecular flexibility index (Phi) is 3.87. The summed E-state index contributed by atoms with van der Waals surface area (Å²) in [5.74, 6) is -0.877. The van der Waals surface area contributed by atoms with Crippen molar-refractivity contribution in [3.05, 3.63) is 29.3 Å². The van der Waals surface area contributed by atoms with Crippen LogP contribution in [-0.4, -0.2) is 37.4 Å². The van der Waals surface area contributed by atoms with Crippen LogP contribution >= 0.6 is 0 Å². The van der Waals surface area contributed by atoms with Gasteiger partial charge in [-0.05, 0) is 43.5 Å². The van der Waals surface area contributed by atoms with Crippen LogP contribution < -0.4 is 4.90 Å². The molecule has 4 heteroatoms. The average Bonchev–Trinajstić information content (AvgIpc) is 2.38. The van der Waals surface area contributed by atoms with Gasteiger partial charge in [0.05, 0.1) is 5.56 Å². The first-order valence-electron chi connectivity index (χ1n) is 6.24. The molecule has 0 aliphatic carbocycles. The topological polar surface area (TPSA) is 49.8 Å². The number of carboxylic acids is 1. The van der Waals surface area contributed by atoms with Crippen molar-refractivity contribution >= 4 is 11.7 Å². The molecule has 1 fully saturated rings. The standard InChI is InChI=1S/C14H19NO3/c1-10-9-11(14(16)17)3-4-13(10)15(2)12-5-7-18-8-6-12/h3-4,9,12H,5-8H2,1-2H3,(H,16,17). The Morgan fingerprint density at radius 3 is 2.61 bits per heavy atom. The van der Waals surface area contributed by atoms with E-state index in [1.54, 1.807) is 12.1 Å². The Morgan fingerprint density at radius 1 is 1.39 bits per heavy atom. The number of aryl methyl sites for hydroxylation is 1. The number of ether oxygens (including phenoxy) is 1. The second kappa shape index (κ2) is 5.40. The maximum Gasteiger partial charge on any atom is 0.335 e. The van der Waals surface area contributed by atoms with Gasteiger partial charge in [-0.25, -0.2) is 4.79 Å². The molecule has 1 heterocycles. The molecule has 4 nitrogen and oxygen atoms in total. The lowest BCUT2D eigenvalue weighted by molar-refractivity contribution is 0.0697. The summed E-state index contributed by atoms with van der Waals surface area (Å²) in [5.41, 5.74) is 2.45. The van der Waals surface area contributed by atoms with Crippen molar-refractivity contribution in [1.82, 2.24) is 0 Å². The average molecular weight is 249 g/mol. The summed E-state index contributed by atoms with van der Waals surface area (Å²) in [6.45, 7) is 3.57. The number of hydrogen-bond donors (Lipinski definition) is 1. The van der Waals surface area contributed by atoms with Crippen LogP contribution in [0.3, 0.4) is 0 Å². The lowest BCUT2D eigenvalue weighted by atomic mass is 10.0. The highest BCUT2D eigenvalue weighted by molar-refractivity contribution is 5.88. The molecule has 0 aromatic heterocycles. The number of hydrogen-bond acceptors (Lipinski definition) is 3. The second-order valence-corrected chi connectivity index (χ2v) is 4.76. The Balaban J connectivity index is 2.19. The minimum absolute atomic E-state index is 0.344. The zero-order valence-corrected chi connectivity index (χ0v) is 10.8. The molecular weight excluding hydrogens is 230 g/mol. The number of anilines is 1. The molecule has 0 amide bonds. The molecule has 0 spiro atoms. The number of carbonyl (C=O) groups is 1. The van der Waals surface area contributed by atoms with Crippen LogP contribution in [0, 0.1) is 6.92 Å². The summed E-state index contributed by atoms with van der Waals surface area (Å²) >= 11 is 0. The Labute approximate surface area is 107 Å². The Morgan fingerprint density at radius 2 is 2.06 bits per heavy atom. The zero-order chi connectivity index (χ0) is 13.1. The van der Waals surface area contributed by atoms with E-state index in [4.69, 9.17) is 9.84 Å². The Bertz CT molecular complexity index is 439. The van der Waals surface area contributed by atoms with Gasteiger partial charge in [0.25, 0.3) is 0 Å². The molecule has 0 saturated carbocycles. The normalized spacial score (nSPS) is 16.6. The first-order chi connectivity index (χ1) is 8.59. The lowest BCUT2D eigenvalue weighted by Gasteiger charge is -2.33. The van der Waals surface area contributed by atoms with Crippen LogP contribution in [0.15, 0.2) is 18.2 Å². The van der Waals surface area contributed by atoms with Crippen LogP contribution in [0.25, 0.3) is 0 Å². The predicted molar refractivity (Wildman–Crippen MR) is 70.4 cm³/mol. The quantitative estimate of drug-likeness (QED) is 0.893. The van der Waals surface area contributed by atoms with E-state index in [2.05, 4.69) is 11.9 Å². The third kappa shape index (κ3) is 2.64. The summed E-state index contributed by atoms with van der Waals surface area (Å²) < 4.78 is 5.36. The van der Waals surface area contributed by atoms with Crippen molar-refractivity contribution in [2.75, 3.05) is 25.2 Å². The first kappa shape index (κ1) is 12.9. The van der Waals surface area contributed by atoms with Gasteiger partial charge in [-0.3, -0.25) is 0 Å². The molecule has 1 aromatic carbocycles. The predicted octanol–water partition coefficient (Wildman–Crippen LogP) is 2.31. The van der Waals surface area contributed by atoms with E-state index < -0.39 is 5.97 Å². The maximum atomic E-state index is 10.9. The van der Waals surface area contributed by atoms with Gasteiger partial charge in [0, 0.05) is 32.0 Å². The lowest BCUT2D eigenvalue weighted by Crippen LogP contribution is -2.37. The van der Waals surface area contributed by atoms with Crippen molar-refractivity contribution in [2.24, 2.45) is 0 Å². The summed E-state index contributed by atoms with van der Waals surface area (Å²) in [5, 5.41) is 8.96. The van der Waals surface area contributed by atoms with Gasteiger partial charge in [0.2, 0.25) is 0 Å². The van der Waals surface area contributed by atoms with E-state index in [9.17, 15) is 4.79 Å². The van der Waals surface area contributed by atoms with Crippen molar-refractivity contribution in [2.45, 2.75) is 25.8 Å². The van der Waals surface area contributed by atoms with Crippen LogP contribution in [0.1, 0.15) is 28.8 Å². The van der Waals surface area contributed by atoms with Crippen molar-refractivity contribution < 1.29 is 14.6 Å². The molecule has 98 valence electrons. The fourth-order valence-corrected chi connectivity index (χ4v) is 2.45. The van der Waals surface area contributed by atoms with Gasteiger partial charge in [-0.2, -0.15) is 0 Å². The smallest absolute Gasteiger partial charge is 0.335 e. The molecule has 0 radical (unpaired) electrons. The molecular formula is C14H19NO3. The van der Waals surface area contributed by atoms with E-state index in [1.165, 1.54) is 0 Å². The third-order valence-electron chi connectivity index (χ3n) is 3.56. The highest BCUT2D eigenvalue weighted by atomic mass is 16.5. The van der Waals surface area contributed by atoms with Crippen LogP contribution in [0.5, 0.6) is 0 Å². The minimum atomic E-state index is -0.877. The molecule has 0 unspecified atom stereocenters. The summed E-state index contributed by atoms with van der Waals surface area (Å²) in [6, 6.07) is 5.77. The van der Waals surface area contributed by atoms with Gasteiger partial charge in [-0.15, -0.1) is 0 Å². The van der Waals surface area contributed by atoms with Crippen molar-refractivity contribution in [3.8, 4) is 0 Å². The summed E-state index contributed by atoms with van der Waals surface area (Å²) in [4.78, 5) is 13.1.